The summed E-state index contributed by atoms with van der Waals surface area (Å²) in [5, 5.41) is 0. The summed E-state index contributed by atoms with van der Waals surface area (Å²) in [4.78, 5) is 2.00. The summed E-state index contributed by atoms with van der Waals surface area (Å²) in [6.45, 7) is 0. The average Bonchev–Trinajstić information content (AvgIpc) is 2.11. The highest BCUT2D eigenvalue weighted by Crippen LogP contribution is 2.09. The van der Waals surface area contributed by atoms with E-state index in [1.54, 1.807) is 0 Å². The molecule has 0 aliphatic carbocycles. The fourth-order valence-electron chi connectivity index (χ4n) is 0.722. The van der Waals surface area contributed by atoms with Gasteiger partial charge in [-0.25, -0.2) is 0 Å². The Hall–Kier alpha value is 0.0249. The Kier molecular flexibility index (Phi) is 6.17. The van der Waals surface area contributed by atoms with Gasteiger partial charge in [0.15, 0.2) is 0 Å². The van der Waals surface area contributed by atoms with Crippen LogP contribution in [0.5, 0.6) is 0 Å². The molecule has 1 heterocycles. The molecule has 0 atom stereocenters. The van der Waals surface area contributed by atoms with E-state index in [1.165, 1.54) is 25.5 Å². The first-order valence-electron chi connectivity index (χ1n) is 3.66. The van der Waals surface area contributed by atoms with Gasteiger partial charge in [0.2, 0.25) is 0 Å². The van der Waals surface area contributed by atoms with Crippen LogP contribution in [0.25, 0.3) is 0 Å². The number of hydrogen-bond acceptors (Lipinski definition) is 1. The van der Waals surface area contributed by atoms with Crippen molar-refractivity contribution in [3.8, 4) is 0 Å². The summed E-state index contributed by atoms with van der Waals surface area (Å²) in [6.07, 6.45) is 5.64. The lowest BCUT2D eigenvalue weighted by molar-refractivity contribution is 0.505. The molecule has 53 valence electrons. The van der Waals surface area contributed by atoms with Crippen LogP contribution in [0, 0.1) is 0 Å². The van der Waals surface area contributed by atoms with Gasteiger partial charge in [0.05, 0.1) is 0 Å². The van der Waals surface area contributed by atoms with Crippen LogP contribution in [0.3, 0.4) is 0 Å². The molecule has 0 saturated carbocycles. The first-order chi connectivity index (χ1) is 4.23. The Morgan fingerprint density at radius 3 is 1.44 bits per heavy atom. The third kappa shape index (κ3) is 11.5. The van der Waals surface area contributed by atoms with Crippen molar-refractivity contribution in [3.63, 3.8) is 0 Å². The van der Waals surface area contributed by atoms with Crippen molar-refractivity contribution in [2.75, 3.05) is 21.1 Å². The normalized spacial score (nSPS) is 16.4. The smallest absolute Gasteiger partial charge is 0.109 e. The molecule has 0 spiro atoms. The highest BCUT2D eigenvalue weighted by Gasteiger charge is 1.97. The summed E-state index contributed by atoms with van der Waals surface area (Å²) < 4.78 is 0. The first kappa shape index (κ1) is 9.02. The Bertz CT molecular complexity index is 40.5. The van der Waals surface area contributed by atoms with Crippen molar-refractivity contribution in [1.82, 2.24) is 4.90 Å². The van der Waals surface area contributed by atoms with Crippen LogP contribution >= 0.6 is 0 Å². The summed E-state index contributed by atoms with van der Waals surface area (Å²) in [7, 11) is 8.36. The SMILES string of the molecule is CN(C)C.[B]1CCCC1. The van der Waals surface area contributed by atoms with Crippen molar-refractivity contribution in [2.45, 2.75) is 25.5 Å². The Morgan fingerprint density at radius 2 is 1.33 bits per heavy atom. The first-order valence-corrected chi connectivity index (χ1v) is 3.66. The van der Waals surface area contributed by atoms with Crippen LogP contribution in [0.1, 0.15) is 12.8 Å². The maximum Gasteiger partial charge on any atom is 0.109 e. The van der Waals surface area contributed by atoms with Crippen LogP contribution in [-0.4, -0.2) is 33.3 Å². The lowest BCUT2D eigenvalue weighted by Gasteiger charge is -1.90. The number of rotatable bonds is 0. The third-order valence-electron chi connectivity index (χ3n) is 1.07. The molecule has 1 saturated heterocycles. The van der Waals surface area contributed by atoms with E-state index >= 15 is 0 Å². The molecule has 2 heteroatoms. The molecule has 1 aliphatic heterocycles. The highest BCUT2D eigenvalue weighted by atomic mass is 15.0. The van der Waals surface area contributed by atoms with Gasteiger partial charge < -0.3 is 4.90 Å². The molecule has 1 aliphatic rings. The Morgan fingerprint density at radius 1 is 1.00 bits per heavy atom. The minimum atomic E-state index is 1.38. The van der Waals surface area contributed by atoms with Gasteiger partial charge in [-0.1, -0.05) is 25.5 Å². The van der Waals surface area contributed by atoms with E-state index in [0.29, 0.717) is 0 Å². The molecule has 0 unspecified atom stereocenters. The van der Waals surface area contributed by atoms with Crippen molar-refractivity contribution >= 4 is 7.28 Å². The molecule has 0 aromatic heterocycles. The molecule has 9 heavy (non-hydrogen) atoms. The van der Waals surface area contributed by atoms with Gasteiger partial charge in [-0.2, -0.15) is 0 Å². The van der Waals surface area contributed by atoms with Crippen LogP contribution < -0.4 is 0 Å². The molecule has 0 aromatic carbocycles. The predicted molar refractivity (Wildman–Crippen MR) is 44.2 cm³/mol. The third-order valence-corrected chi connectivity index (χ3v) is 1.07. The zero-order chi connectivity index (χ0) is 7.11. The average molecular weight is 126 g/mol. The van der Waals surface area contributed by atoms with Gasteiger partial charge in [0.1, 0.15) is 7.28 Å². The molecular formula is C7H17BN. The van der Waals surface area contributed by atoms with Crippen LogP contribution in [0.4, 0.5) is 0 Å². The Labute approximate surface area is 59.7 Å². The van der Waals surface area contributed by atoms with Crippen LogP contribution in [0.2, 0.25) is 12.6 Å². The highest BCUT2D eigenvalue weighted by molar-refractivity contribution is 6.36. The molecule has 0 bridgehead atoms. The molecule has 1 radical (unpaired) electrons. The van der Waals surface area contributed by atoms with Gasteiger partial charge in [0.25, 0.3) is 0 Å². The van der Waals surface area contributed by atoms with Crippen molar-refractivity contribution in [3.05, 3.63) is 0 Å². The van der Waals surface area contributed by atoms with Crippen LogP contribution in [0.15, 0.2) is 0 Å². The van der Waals surface area contributed by atoms with E-state index < -0.39 is 0 Å². The lowest BCUT2D eigenvalue weighted by Crippen LogP contribution is -1.99. The largest absolute Gasteiger partial charge is 0.312 e. The quantitative estimate of drug-likeness (QED) is 0.444. The fourth-order valence-corrected chi connectivity index (χ4v) is 0.722. The van der Waals surface area contributed by atoms with E-state index in [2.05, 4.69) is 7.28 Å². The van der Waals surface area contributed by atoms with Crippen LogP contribution in [-0.2, 0) is 0 Å². The summed E-state index contributed by atoms with van der Waals surface area (Å²) in [5.74, 6) is 0. The number of hydrogen-bond donors (Lipinski definition) is 0. The zero-order valence-corrected chi connectivity index (χ0v) is 6.85. The predicted octanol–water partition coefficient (Wildman–Crippen LogP) is 1.50. The molecule has 1 nitrogen and oxygen atoms in total. The molecule has 0 amide bonds. The van der Waals surface area contributed by atoms with Gasteiger partial charge in [0, 0.05) is 0 Å². The van der Waals surface area contributed by atoms with Gasteiger partial charge >= 0.3 is 0 Å². The summed E-state index contributed by atoms with van der Waals surface area (Å²) in [5.41, 5.74) is 0. The van der Waals surface area contributed by atoms with Crippen molar-refractivity contribution in [2.24, 2.45) is 0 Å². The minimum Gasteiger partial charge on any atom is -0.312 e. The van der Waals surface area contributed by atoms with E-state index in [9.17, 15) is 0 Å². The monoisotopic (exact) mass is 126 g/mol. The maximum atomic E-state index is 2.36. The molecule has 0 aromatic rings. The topological polar surface area (TPSA) is 3.24 Å². The zero-order valence-electron chi connectivity index (χ0n) is 6.85. The number of nitrogens with zero attached hydrogens (tertiary/aromatic N) is 1. The van der Waals surface area contributed by atoms with E-state index in [4.69, 9.17) is 0 Å². The van der Waals surface area contributed by atoms with Crippen molar-refractivity contribution in [1.29, 1.82) is 0 Å². The maximum absolute atomic E-state index is 2.36. The standard InChI is InChI=1S/C4H8B.C3H9N/c1-2-4-5-3-1;1-4(2)3/h1-4H2;1-3H3. The van der Waals surface area contributed by atoms with Gasteiger partial charge in [-0.3, -0.25) is 0 Å². The fraction of sp³-hybridized carbons (Fsp3) is 1.00. The lowest BCUT2D eigenvalue weighted by atomic mass is 9.77. The van der Waals surface area contributed by atoms with Gasteiger partial charge in [-0.15, -0.1) is 0 Å². The Balaban J connectivity index is 0.000000148. The molecule has 1 fully saturated rings. The second kappa shape index (κ2) is 6.15. The van der Waals surface area contributed by atoms with Gasteiger partial charge in [-0.05, 0) is 21.1 Å². The second-order valence-corrected chi connectivity index (χ2v) is 2.91. The summed E-state index contributed by atoms with van der Waals surface area (Å²) >= 11 is 0. The van der Waals surface area contributed by atoms with E-state index in [-0.39, 0.29) is 0 Å². The van der Waals surface area contributed by atoms with Crippen molar-refractivity contribution < 1.29 is 0 Å². The molecular weight excluding hydrogens is 109 g/mol. The molecule has 1 rings (SSSR count). The molecule has 0 N–H and O–H groups in total. The van der Waals surface area contributed by atoms with E-state index in [1.807, 2.05) is 26.0 Å². The minimum absolute atomic E-state index is 1.38. The summed E-state index contributed by atoms with van der Waals surface area (Å²) in [6, 6.07) is 0. The second-order valence-electron chi connectivity index (χ2n) is 2.91. The van der Waals surface area contributed by atoms with E-state index in [0.717, 1.165) is 0 Å².